The third kappa shape index (κ3) is 4.66. The van der Waals surface area contributed by atoms with E-state index in [1.807, 2.05) is 19.1 Å². The zero-order valence-electron chi connectivity index (χ0n) is 13.4. The number of pyridine rings is 1. The molecule has 1 fully saturated rings. The fourth-order valence-corrected chi connectivity index (χ4v) is 3.07. The molecule has 0 atom stereocenters. The molecule has 126 valence electrons. The lowest BCUT2D eigenvalue weighted by atomic mass is 9.79. The van der Waals surface area contributed by atoms with Crippen molar-refractivity contribution in [2.24, 2.45) is 5.41 Å². The summed E-state index contributed by atoms with van der Waals surface area (Å²) in [6.45, 7) is 1.94. The first-order chi connectivity index (χ1) is 11.1. The Morgan fingerprint density at radius 1 is 1.39 bits per heavy atom. The van der Waals surface area contributed by atoms with Crippen LogP contribution in [0.1, 0.15) is 44.1 Å². The number of hydrogen-bond acceptors (Lipinski definition) is 5. The number of carbonyl (C=O) groups is 2. The second kappa shape index (κ2) is 7.92. The topological polar surface area (TPSA) is 94.6 Å². The van der Waals surface area contributed by atoms with E-state index in [1.165, 1.54) is 0 Å². The number of anilines is 1. The van der Waals surface area contributed by atoms with Gasteiger partial charge in [-0.1, -0.05) is 25.7 Å². The highest BCUT2D eigenvalue weighted by atomic mass is 16.5. The highest BCUT2D eigenvalue weighted by Gasteiger charge is 2.40. The molecule has 0 radical (unpaired) electrons. The van der Waals surface area contributed by atoms with Crippen molar-refractivity contribution >= 4 is 18.1 Å². The zero-order chi connectivity index (χ0) is 16.7. The Hall–Kier alpha value is -2.15. The number of aryl methyl sites for hydroxylation is 1. The van der Waals surface area contributed by atoms with Crippen LogP contribution in [0.15, 0.2) is 18.3 Å². The van der Waals surface area contributed by atoms with Gasteiger partial charge in [0.15, 0.2) is 0 Å². The van der Waals surface area contributed by atoms with Crippen LogP contribution in [0.2, 0.25) is 0 Å². The first-order valence-corrected chi connectivity index (χ1v) is 7.96. The molecule has 1 saturated carbocycles. The van der Waals surface area contributed by atoms with Crippen LogP contribution >= 0.6 is 0 Å². The number of hydrogen-bond donors (Lipinski definition) is 3. The van der Waals surface area contributed by atoms with Crippen LogP contribution in [-0.2, 0) is 9.59 Å². The van der Waals surface area contributed by atoms with E-state index in [0.717, 1.165) is 31.2 Å². The molecule has 0 saturated heterocycles. The SMILES string of the molecule is Cc1ccnc(NNC(=O)C2(CN(O)C=O)CCCCCC2)c1. The molecule has 3 N–H and O–H groups in total. The number of hydroxylamine groups is 2. The molecular weight excluding hydrogens is 296 g/mol. The summed E-state index contributed by atoms with van der Waals surface area (Å²) in [5.74, 6) is 0.335. The Bertz CT molecular complexity index is 542. The first-order valence-electron chi connectivity index (χ1n) is 7.96. The summed E-state index contributed by atoms with van der Waals surface area (Å²) in [7, 11) is 0. The number of amides is 2. The van der Waals surface area contributed by atoms with Crippen LogP contribution in [0.25, 0.3) is 0 Å². The van der Waals surface area contributed by atoms with Gasteiger partial charge >= 0.3 is 0 Å². The maximum absolute atomic E-state index is 12.7. The fourth-order valence-electron chi connectivity index (χ4n) is 3.07. The largest absolute Gasteiger partial charge is 0.286 e. The number of nitrogens with zero attached hydrogens (tertiary/aromatic N) is 2. The van der Waals surface area contributed by atoms with Crippen molar-refractivity contribution < 1.29 is 14.8 Å². The predicted molar refractivity (Wildman–Crippen MR) is 85.4 cm³/mol. The molecule has 1 aromatic rings. The summed E-state index contributed by atoms with van der Waals surface area (Å²) >= 11 is 0. The van der Waals surface area contributed by atoms with Crippen molar-refractivity contribution in [3.8, 4) is 0 Å². The Labute approximate surface area is 136 Å². The molecule has 1 aliphatic carbocycles. The van der Waals surface area contributed by atoms with Crippen LogP contribution in [0.3, 0.4) is 0 Å². The molecule has 1 heterocycles. The summed E-state index contributed by atoms with van der Waals surface area (Å²) in [5, 5.41) is 10.2. The minimum Gasteiger partial charge on any atom is -0.286 e. The van der Waals surface area contributed by atoms with Crippen LogP contribution in [-0.4, -0.2) is 34.1 Å². The molecule has 2 amide bonds. The lowest BCUT2D eigenvalue weighted by Gasteiger charge is -2.32. The van der Waals surface area contributed by atoms with Gasteiger partial charge in [-0.05, 0) is 37.5 Å². The number of aromatic nitrogens is 1. The molecule has 7 heteroatoms. The molecule has 2 rings (SSSR count). The van der Waals surface area contributed by atoms with Crippen molar-refractivity contribution in [3.05, 3.63) is 23.9 Å². The number of rotatable bonds is 6. The highest BCUT2D eigenvalue weighted by Crippen LogP contribution is 2.35. The molecular formula is C16H24N4O3. The number of carbonyl (C=O) groups excluding carboxylic acids is 2. The van der Waals surface area contributed by atoms with Gasteiger partial charge in [0.05, 0.1) is 12.0 Å². The molecule has 0 unspecified atom stereocenters. The van der Waals surface area contributed by atoms with E-state index in [0.29, 0.717) is 30.1 Å². The fraction of sp³-hybridized carbons (Fsp3) is 0.562. The molecule has 0 aromatic carbocycles. The second-order valence-corrected chi connectivity index (χ2v) is 6.20. The van der Waals surface area contributed by atoms with Crippen LogP contribution in [0.4, 0.5) is 5.82 Å². The van der Waals surface area contributed by atoms with E-state index in [-0.39, 0.29) is 12.5 Å². The van der Waals surface area contributed by atoms with Gasteiger partial charge in [-0.3, -0.25) is 25.6 Å². The van der Waals surface area contributed by atoms with E-state index < -0.39 is 5.41 Å². The van der Waals surface area contributed by atoms with Gasteiger partial charge in [-0.2, -0.15) is 0 Å². The van der Waals surface area contributed by atoms with Gasteiger partial charge in [0.25, 0.3) is 0 Å². The summed E-state index contributed by atoms with van der Waals surface area (Å²) in [6.07, 6.45) is 7.23. The van der Waals surface area contributed by atoms with E-state index in [1.54, 1.807) is 6.20 Å². The third-order valence-electron chi connectivity index (χ3n) is 4.35. The minimum absolute atomic E-state index is 0.00522. The molecule has 0 bridgehead atoms. The van der Waals surface area contributed by atoms with E-state index >= 15 is 0 Å². The highest BCUT2D eigenvalue weighted by molar-refractivity contribution is 5.84. The van der Waals surface area contributed by atoms with Crippen molar-refractivity contribution in [1.82, 2.24) is 15.5 Å². The van der Waals surface area contributed by atoms with Gasteiger partial charge in [0.2, 0.25) is 12.3 Å². The molecule has 1 aromatic heterocycles. The third-order valence-corrected chi connectivity index (χ3v) is 4.35. The van der Waals surface area contributed by atoms with Gasteiger partial charge < -0.3 is 0 Å². The smallest absolute Gasteiger partial charge is 0.246 e. The molecule has 1 aliphatic rings. The average molecular weight is 320 g/mol. The van der Waals surface area contributed by atoms with E-state index in [9.17, 15) is 14.8 Å². The molecule has 23 heavy (non-hydrogen) atoms. The first kappa shape index (κ1) is 17.2. The van der Waals surface area contributed by atoms with E-state index in [2.05, 4.69) is 15.8 Å². The maximum atomic E-state index is 12.7. The Morgan fingerprint density at radius 2 is 2.09 bits per heavy atom. The van der Waals surface area contributed by atoms with Gasteiger partial charge in [0, 0.05) is 6.20 Å². The molecule has 7 nitrogen and oxygen atoms in total. The Kier molecular flexibility index (Phi) is 5.92. The Balaban J connectivity index is 2.07. The summed E-state index contributed by atoms with van der Waals surface area (Å²) in [6, 6.07) is 3.69. The molecule has 0 aliphatic heterocycles. The molecule has 0 spiro atoms. The summed E-state index contributed by atoms with van der Waals surface area (Å²) < 4.78 is 0. The lowest BCUT2D eigenvalue weighted by Crippen LogP contribution is -2.49. The van der Waals surface area contributed by atoms with Gasteiger partial charge in [-0.15, -0.1) is 0 Å². The van der Waals surface area contributed by atoms with Crippen LogP contribution in [0, 0.1) is 12.3 Å². The van der Waals surface area contributed by atoms with Gasteiger partial charge in [-0.25, -0.2) is 10.0 Å². The normalized spacial score (nSPS) is 17.0. The predicted octanol–water partition coefficient (Wildman–Crippen LogP) is 2.02. The van der Waals surface area contributed by atoms with Gasteiger partial charge in [0.1, 0.15) is 5.82 Å². The monoisotopic (exact) mass is 320 g/mol. The van der Waals surface area contributed by atoms with Crippen molar-refractivity contribution in [1.29, 1.82) is 0 Å². The summed E-state index contributed by atoms with van der Waals surface area (Å²) in [5.41, 5.74) is 5.76. The lowest BCUT2D eigenvalue weighted by molar-refractivity contribution is -0.161. The quantitative estimate of drug-likeness (QED) is 0.323. The maximum Gasteiger partial charge on any atom is 0.246 e. The van der Waals surface area contributed by atoms with Crippen molar-refractivity contribution in [2.45, 2.75) is 45.4 Å². The minimum atomic E-state index is -0.775. The average Bonchev–Trinajstić information content (AvgIpc) is 2.79. The second-order valence-electron chi connectivity index (χ2n) is 6.20. The van der Waals surface area contributed by atoms with Crippen molar-refractivity contribution in [2.75, 3.05) is 12.0 Å². The van der Waals surface area contributed by atoms with Crippen LogP contribution < -0.4 is 10.9 Å². The van der Waals surface area contributed by atoms with E-state index in [4.69, 9.17) is 0 Å². The zero-order valence-corrected chi connectivity index (χ0v) is 13.4. The van der Waals surface area contributed by atoms with Crippen molar-refractivity contribution in [3.63, 3.8) is 0 Å². The standard InChI is InChI=1S/C16H24N4O3/c1-13-6-9-17-14(10-13)18-19-15(22)16(11-20(23)12-21)7-4-2-3-5-8-16/h6,9-10,12,23H,2-5,7-8,11H2,1H3,(H,17,18)(H,19,22). The Morgan fingerprint density at radius 3 is 2.70 bits per heavy atom. The van der Waals surface area contributed by atoms with Crippen LogP contribution in [0.5, 0.6) is 0 Å². The summed E-state index contributed by atoms with van der Waals surface area (Å²) in [4.78, 5) is 27.6. The number of hydrazine groups is 1. The number of nitrogens with one attached hydrogen (secondary N) is 2.